The minimum Gasteiger partial charge on any atom is -0.496 e. The Bertz CT molecular complexity index is 471. The van der Waals surface area contributed by atoms with E-state index in [0.717, 1.165) is 42.9 Å². The summed E-state index contributed by atoms with van der Waals surface area (Å²) in [6.45, 7) is 4.37. The first-order valence-corrected chi connectivity index (χ1v) is 8.95. The highest BCUT2D eigenvalue weighted by Gasteiger charge is 2.32. The Morgan fingerprint density at radius 1 is 1.12 bits per heavy atom. The van der Waals surface area contributed by atoms with E-state index < -0.39 is 0 Å². The number of piperazine rings is 1. The molecule has 1 aromatic carbocycles. The minimum absolute atomic E-state index is 0. The molecule has 6 heteroatoms. The summed E-state index contributed by atoms with van der Waals surface area (Å²) in [6.07, 6.45) is 6.75. The maximum atomic E-state index is 6.31. The average Bonchev–Trinajstić information content (AvgIpc) is 2.57. The minimum atomic E-state index is 0. The molecule has 1 aromatic rings. The smallest absolute Gasteiger partial charge is 0.123 e. The molecule has 1 saturated carbocycles. The fourth-order valence-corrected chi connectivity index (χ4v) is 4.28. The number of halogens is 3. The van der Waals surface area contributed by atoms with Crippen molar-refractivity contribution < 1.29 is 4.74 Å². The third-order valence-corrected chi connectivity index (χ3v) is 5.39. The molecule has 3 rings (SSSR count). The molecule has 138 valence electrons. The van der Waals surface area contributed by atoms with Crippen LogP contribution in [0.3, 0.4) is 0 Å². The highest BCUT2D eigenvalue weighted by Crippen LogP contribution is 2.42. The molecule has 1 saturated heterocycles. The predicted octanol–water partition coefficient (Wildman–Crippen LogP) is 4.72. The van der Waals surface area contributed by atoms with Gasteiger partial charge in [0.2, 0.25) is 0 Å². The van der Waals surface area contributed by atoms with Crippen molar-refractivity contribution in [2.24, 2.45) is 5.92 Å². The van der Waals surface area contributed by atoms with Gasteiger partial charge in [0.05, 0.1) is 7.11 Å². The Kier molecular flexibility index (Phi) is 9.76. The van der Waals surface area contributed by atoms with E-state index in [-0.39, 0.29) is 24.8 Å². The van der Waals surface area contributed by atoms with Gasteiger partial charge in [-0.2, -0.15) is 0 Å². The molecular weight excluding hydrogens is 367 g/mol. The van der Waals surface area contributed by atoms with Crippen LogP contribution >= 0.6 is 36.4 Å². The SMILES string of the molecule is COc1ccc(Cl)cc1[C@@H](C1CCCCC1)N1CCNCC1.Cl.Cl. The molecule has 1 aliphatic carbocycles. The van der Waals surface area contributed by atoms with E-state index in [4.69, 9.17) is 16.3 Å². The first kappa shape index (κ1) is 21.9. The zero-order valence-corrected chi connectivity index (χ0v) is 16.7. The van der Waals surface area contributed by atoms with Crippen molar-refractivity contribution in [1.29, 1.82) is 0 Å². The fourth-order valence-electron chi connectivity index (χ4n) is 4.10. The van der Waals surface area contributed by atoms with Gasteiger partial charge in [-0.15, -0.1) is 24.8 Å². The quantitative estimate of drug-likeness (QED) is 0.798. The molecule has 3 nitrogen and oxygen atoms in total. The first-order valence-electron chi connectivity index (χ1n) is 8.58. The van der Waals surface area contributed by atoms with E-state index in [0.29, 0.717) is 6.04 Å². The third-order valence-electron chi connectivity index (χ3n) is 5.15. The van der Waals surface area contributed by atoms with Crippen LogP contribution in [0.25, 0.3) is 0 Å². The number of hydrogen-bond acceptors (Lipinski definition) is 3. The molecule has 1 aliphatic heterocycles. The van der Waals surface area contributed by atoms with E-state index in [1.54, 1.807) is 7.11 Å². The Balaban J connectivity index is 0.00000144. The van der Waals surface area contributed by atoms with Crippen LogP contribution in [-0.4, -0.2) is 38.2 Å². The molecule has 0 spiro atoms. The second-order valence-corrected chi connectivity index (χ2v) is 6.95. The zero-order chi connectivity index (χ0) is 15.4. The molecule has 0 bridgehead atoms. The van der Waals surface area contributed by atoms with Gasteiger partial charge in [0.1, 0.15) is 5.75 Å². The van der Waals surface area contributed by atoms with Crippen molar-refractivity contribution in [3.8, 4) is 5.75 Å². The summed E-state index contributed by atoms with van der Waals surface area (Å²) in [7, 11) is 1.77. The summed E-state index contributed by atoms with van der Waals surface area (Å²) in [6, 6.07) is 6.52. The van der Waals surface area contributed by atoms with E-state index in [2.05, 4.69) is 16.3 Å². The van der Waals surface area contributed by atoms with E-state index in [1.807, 2.05) is 12.1 Å². The lowest BCUT2D eigenvalue weighted by Crippen LogP contribution is -2.47. The summed E-state index contributed by atoms with van der Waals surface area (Å²) >= 11 is 6.31. The van der Waals surface area contributed by atoms with Crippen molar-refractivity contribution >= 4 is 36.4 Å². The summed E-state index contributed by atoms with van der Waals surface area (Å²) in [5.41, 5.74) is 1.28. The van der Waals surface area contributed by atoms with E-state index >= 15 is 0 Å². The van der Waals surface area contributed by atoms with Gasteiger partial charge in [-0.1, -0.05) is 30.9 Å². The number of nitrogens with one attached hydrogen (secondary N) is 1. The molecule has 24 heavy (non-hydrogen) atoms. The number of hydrogen-bond donors (Lipinski definition) is 1. The van der Waals surface area contributed by atoms with Crippen LogP contribution in [0.2, 0.25) is 5.02 Å². The van der Waals surface area contributed by atoms with Gasteiger partial charge in [0.25, 0.3) is 0 Å². The topological polar surface area (TPSA) is 24.5 Å². The third kappa shape index (κ3) is 5.15. The molecule has 1 N–H and O–H groups in total. The number of nitrogens with zero attached hydrogens (tertiary/aromatic N) is 1. The predicted molar refractivity (Wildman–Crippen MR) is 106 cm³/mol. The Morgan fingerprint density at radius 3 is 2.42 bits per heavy atom. The molecular formula is C18H29Cl3N2O. The summed E-state index contributed by atoms with van der Waals surface area (Å²) in [5.74, 6) is 1.71. The van der Waals surface area contributed by atoms with Gasteiger partial charge in [-0.05, 0) is 37.0 Å². The monoisotopic (exact) mass is 394 g/mol. The average molecular weight is 396 g/mol. The maximum absolute atomic E-state index is 6.31. The van der Waals surface area contributed by atoms with Crippen molar-refractivity contribution in [2.75, 3.05) is 33.3 Å². The lowest BCUT2D eigenvalue weighted by atomic mass is 9.80. The molecule has 2 fully saturated rings. The van der Waals surface area contributed by atoms with Crippen molar-refractivity contribution in [1.82, 2.24) is 10.2 Å². The largest absolute Gasteiger partial charge is 0.496 e. The van der Waals surface area contributed by atoms with E-state index in [1.165, 1.54) is 37.7 Å². The number of rotatable bonds is 4. The second kappa shape index (κ2) is 10.7. The number of ether oxygens (including phenoxy) is 1. The lowest BCUT2D eigenvalue weighted by Gasteiger charge is -2.41. The van der Waals surface area contributed by atoms with Crippen molar-refractivity contribution in [3.05, 3.63) is 28.8 Å². The Morgan fingerprint density at radius 2 is 1.79 bits per heavy atom. The van der Waals surface area contributed by atoms with Crippen LogP contribution in [0.15, 0.2) is 18.2 Å². The van der Waals surface area contributed by atoms with Gasteiger partial charge in [0.15, 0.2) is 0 Å². The molecule has 1 heterocycles. The van der Waals surface area contributed by atoms with Crippen LogP contribution in [0.1, 0.15) is 43.7 Å². The molecule has 1 atom stereocenters. The van der Waals surface area contributed by atoms with Gasteiger partial charge >= 0.3 is 0 Å². The molecule has 0 radical (unpaired) electrons. The normalized spacial score (nSPS) is 20.6. The van der Waals surface area contributed by atoms with Crippen LogP contribution in [0, 0.1) is 5.92 Å². The number of methoxy groups -OCH3 is 1. The molecule has 0 unspecified atom stereocenters. The van der Waals surface area contributed by atoms with Crippen molar-refractivity contribution in [3.63, 3.8) is 0 Å². The molecule has 2 aliphatic rings. The summed E-state index contributed by atoms with van der Waals surface area (Å²) < 4.78 is 5.66. The van der Waals surface area contributed by atoms with Crippen LogP contribution in [-0.2, 0) is 0 Å². The van der Waals surface area contributed by atoms with Crippen LogP contribution < -0.4 is 10.1 Å². The van der Waals surface area contributed by atoms with Crippen molar-refractivity contribution in [2.45, 2.75) is 38.1 Å². The Hall–Kier alpha value is -0.190. The summed E-state index contributed by atoms with van der Waals surface area (Å²) in [4.78, 5) is 2.64. The first-order chi connectivity index (χ1) is 10.8. The Labute approximate surface area is 163 Å². The van der Waals surface area contributed by atoms with Gasteiger partial charge in [-0.25, -0.2) is 0 Å². The van der Waals surface area contributed by atoms with Gasteiger partial charge in [0, 0.05) is 42.8 Å². The summed E-state index contributed by atoms with van der Waals surface area (Å²) in [5, 5.41) is 4.28. The standard InChI is InChI=1S/C18H27ClN2O.2ClH/c1-22-17-8-7-15(19)13-16(17)18(14-5-3-2-4-6-14)21-11-9-20-10-12-21;;/h7-8,13-14,18,20H,2-6,9-12H2,1H3;2*1H/t18-;;/m1../s1. The second-order valence-electron chi connectivity index (χ2n) is 6.52. The fraction of sp³-hybridized carbons (Fsp3) is 0.667. The van der Waals surface area contributed by atoms with E-state index in [9.17, 15) is 0 Å². The highest BCUT2D eigenvalue weighted by atomic mass is 35.5. The lowest BCUT2D eigenvalue weighted by molar-refractivity contribution is 0.101. The van der Waals surface area contributed by atoms with Crippen LogP contribution in [0.5, 0.6) is 5.75 Å². The molecule has 0 amide bonds. The maximum Gasteiger partial charge on any atom is 0.123 e. The van der Waals surface area contributed by atoms with Gasteiger partial charge in [-0.3, -0.25) is 4.90 Å². The van der Waals surface area contributed by atoms with Gasteiger partial charge < -0.3 is 10.1 Å². The number of benzene rings is 1. The van der Waals surface area contributed by atoms with Crippen LogP contribution in [0.4, 0.5) is 0 Å². The molecule has 0 aromatic heterocycles. The highest BCUT2D eigenvalue weighted by molar-refractivity contribution is 6.30. The zero-order valence-electron chi connectivity index (χ0n) is 14.3.